The van der Waals surface area contributed by atoms with Crippen LogP contribution in [0, 0.1) is 3.57 Å². The number of hydrogen-bond donors (Lipinski definition) is 1. The molecule has 4 heteroatoms. The molecular formula is C11H14INO2. The molecule has 0 spiro atoms. The van der Waals surface area contributed by atoms with E-state index in [-0.39, 0.29) is 17.7 Å². The Balaban J connectivity index is 2.97. The van der Waals surface area contributed by atoms with E-state index in [9.17, 15) is 9.90 Å². The van der Waals surface area contributed by atoms with Crippen LogP contribution in [0.1, 0.15) is 24.2 Å². The largest absolute Gasteiger partial charge is 0.507 e. The molecule has 0 aliphatic heterocycles. The zero-order chi connectivity index (χ0) is 11.6. The number of phenols is 1. The minimum absolute atomic E-state index is 0.0725. The fourth-order valence-electron chi connectivity index (χ4n) is 1.08. The molecule has 1 aromatic rings. The summed E-state index contributed by atoms with van der Waals surface area (Å²) in [6.07, 6.45) is 0. The highest BCUT2D eigenvalue weighted by Gasteiger charge is 2.15. The first kappa shape index (κ1) is 12.3. The number of hydrogen-bond acceptors (Lipinski definition) is 2. The van der Waals surface area contributed by atoms with Gasteiger partial charge in [-0.1, -0.05) is 0 Å². The highest BCUT2D eigenvalue weighted by Crippen LogP contribution is 2.21. The summed E-state index contributed by atoms with van der Waals surface area (Å²) in [5.41, 5.74) is 0.518. The third-order valence-electron chi connectivity index (χ3n) is 2.29. The molecule has 1 N–H and O–H groups in total. The first-order chi connectivity index (χ1) is 6.93. The van der Waals surface area contributed by atoms with Crippen molar-refractivity contribution in [2.24, 2.45) is 0 Å². The summed E-state index contributed by atoms with van der Waals surface area (Å²) >= 11 is 2.02. The summed E-state index contributed by atoms with van der Waals surface area (Å²) in [5, 5.41) is 9.49. The second-order valence-electron chi connectivity index (χ2n) is 3.68. The van der Waals surface area contributed by atoms with Gasteiger partial charge in [0.15, 0.2) is 0 Å². The predicted molar refractivity (Wildman–Crippen MR) is 68.1 cm³/mol. The van der Waals surface area contributed by atoms with Crippen molar-refractivity contribution >= 4 is 28.5 Å². The van der Waals surface area contributed by atoms with E-state index in [0.717, 1.165) is 3.57 Å². The van der Waals surface area contributed by atoms with Gasteiger partial charge in [0.05, 0.1) is 3.57 Å². The Kier molecular flexibility index (Phi) is 3.96. The van der Waals surface area contributed by atoms with Crippen LogP contribution in [0.3, 0.4) is 0 Å². The van der Waals surface area contributed by atoms with Gasteiger partial charge in [0.2, 0.25) is 0 Å². The van der Waals surface area contributed by atoms with E-state index in [2.05, 4.69) is 0 Å². The second-order valence-corrected chi connectivity index (χ2v) is 4.84. The molecule has 0 unspecified atom stereocenters. The summed E-state index contributed by atoms with van der Waals surface area (Å²) in [6.45, 7) is 3.90. The molecule has 0 aliphatic rings. The predicted octanol–water partition coefficient (Wildman–Crippen LogP) is 2.48. The molecule has 0 aliphatic carbocycles. The average Bonchev–Trinajstić information content (AvgIpc) is 2.19. The molecular weight excluding hydrogens is 305 g/mol. The fraction of sp³-hybridized carbons (Fsp3) is 0.364. The molecule has 0 saturated heterocycles. The van der Waals surface area contributed by atoms with Gasteiger partial charge in [-0.15, -0.1) is 0 Å². The van der Waals surface area contributed by atoms with Crippen LogP contribution in [-0.4, -0.2) is 29.0 Å². The number of rotatable bonds is 2. The number of carbonyl (C=O) groups excluding carboxylic acids is 1. The van der Waals surface area contributed by atoms with E-state index >= 15 is 0 Å². The molecule has 0 fully saturated rings. The summed E-state index contributed by atoms with van der Waals surface area (Å²) in [5.74, 6) is 0.0790. The molecule has 0 atom stereocenters. The van der Waals surface area contributed by atoms with Gasteiger partial charge in [-0.05, 0) is 54.6 Å². The van der Waals surface area contributed by atoms with Crippen LogP contribution in [0.4, 0.5) is 0 Å². The maximum atomic E-state index is 11.9. The van der Waals surface area contributed by atoms with Gasteiger partial charge in [-0.3, -0.25) is 4.79 Å². The lowest BCUT2D eigenvalue weighted by atomic mass is 10.2. The van der Waals surface area contributed by atoms with E-state index in [1.165, 1.54) is 6.07 Å². The van der Waals surface area contributed by atoms with Gasteiger partial charge in [-0.25, -0.2) is 0 Å². The van der Waals surface area contributed by atoms with Gasteiger partial charge in [0, 0.05) is 18.7 Å². The fourth-order valence-corrected chi connectivity index (χ4v) is 1.42. The Morgan fingerprint density at radius 3 is 2.53 bits per heavy atom. The number of aromatic hydroxyl groups is 1. The number of nitrogens with zero attached hydrogens (tertiary/aromatic N) is 1. The SMILES string of the molecule is CC(C)N(C)C(=O)c1ccc(I)c(O)c1. The molecule has 0 radical (unpaired) electrons. The van der Waals surface area contributed by atoms with Crippen molar-refractivity contribution in [2.75, 3.05) is 7.05 Å². The monoisotopic (exact) mass is 319 g/mol. The average molecular weight is 319 g/mol. The van der Waals surface area contributed by atoms with E-state index in [0.29, 0.717) is 5.56 Å². The van der Waals surface area contributed by atoms with Crippen molar-refractivity contribution in [1.82, 2.24) is 4.90 Å². The molecule has 0 bridgehead atoms. The van der Waals surface area contributed by atoms with E-state index < -0.39 is 0 Å². The molecule has 0 aromatic heterocycles. The number of benzene rings is 1. The Bertz CT molecular complexity index is 377. The Labute approximate surface area is 103 Å². The lowest BCUT2D eigenvalue weighted by molar-refractivity contribution is 0.0754. The molecule has 3 nitrogen and oxygen atoms in total. The molecule has 0 saturated carbocycles. The van der Waals surface area contributed by atoms with Crippen LogP contribution in [0.15, 0.2) is 18.2 Å². The van der Waals surface area contributed by atoms with Crippen molar-refractivity contribution < 1.29 is 9.90 Å². The maximum absolute atomic E-state index is 11.9. The third-order valence-corrected chi connectivity index (χ3v) is 3.20. The standard InChI is InChI=1S/C11H14INO2/c1-7(2)13(3)11(15)8-4-5-9(12)10(14)6-8/h4-7,14H,1-3H3. The van der Waals surface area contributed by atoms with Gasteiger partial charge >= 0.3 is 0 Å². The highest BCUT2D eigenvalue weighted by atomic mass is 127. The Morgan fingerprint density at radius 2 is 2.07 bits per heavy atom. The quantitative estimate of drug-likeness (QED) is 0.851. The van der Waals surface area contributed by atoms with Crippen LogP contribution in [-0.2, 0) is 0 Å². The number of carbonyl (C=O) groups is 1. The summed E-state index contributed by atoms with van der Waals surface area (Å²) < 4.78 is 0.747. The van der Waals surface area contributed by atoms with Crippen LogP contribution in [0.2, 0.25) is 0 Å². The number of halogens is 1. The number of amides is 1. The molecule has 0 heterocycles. The second kappa shape index (κ2) is 4.83. The highest BCUT2D eigenvalue weighted by molar-refractivity contribution is 14.1. The topological polar surface area (TPSA) is 40.5 Å². The van der Waals surface area contributed by atoms with Crippen molar-refractivity contribution in [3.63, 3.8) is 0 Å². The van der Waals surface area contributed by atoms with Crippen molar-refractivity contribution in [3.05, 3.63) is 27.3 Å². The smallest absolute Gasteiger partial charge is 0.253 e. The van der Waals surface area contributed by atoms with Crippen LogP contribution in [0.25, 0.3) is 0 Å². The lowest BCUT2D eigenvalue weighted by Crippen LogP contribution is -2.32. The number of phenolic OH excluding ortho intramolecular Hbond substituents is 1. The van der Waals surface area contributed by atoms with Gasteiger partial charge < -0.3 is 10.0 Å². The van der Waals surface area contributed by atoms with Gasteiger partial charge in [0.1, 0.15) is 5.75 Å². The Hall–Kier alpha value is -0.780. The van der Waals surface area contributed by atoms with Crippen LogP contribution >= 0.6 is 22.6 Å². The van der Waals surface area contributed by atoms with Crippen LogP contribution < -0.4 is 0 Å². The molecule has 82 valence electrons. The zero-order valence-corrected chi connectivity index (χ0v) is 11.1. The van der Waals surface area contributed by atoms with Gasteiger partial charge in [0.25, 0.3) is 5.91 Å². The third kappa shape index (κ3) is 2.84. The summed E-state index contributed by atoms with van der Waals surface area (Å²) in [4.78, 5) is 13.5. The van der Waals surface area contributed by atoms with Crippen LogP contribution in [0.5, 0.6) is 5.75 Å². The molecule has 1 aromatic carbocycles. The minimum atomic E-state index is -0.0725. The van der Waals surface area contributed by atoms with Crippen molar-refractivity contribution in [3.8, 4) is 5.75 Å². The molecule has 1 amide bonds. The summed E-state index contributed by atoms with van der Waals surface area (Å²) in [6, 6.07) is 5.11. The normalized spacial score (nSPS) is 10.5. The molecule has 15 heavy (non-hydrogen) atoms. The first-order valence-electron chi connectivity index (χ1n) is 4.69. The maximum Gasteiger partial charge on any atom is 0.253 e. The van der Waals surface area contributed by atoms with E-state index in [1.807, 2.05) is 36.4 Å². The molecule has 1 rings (SSSR count). The van der Waals surface area contributed by atoms with E-state index in [4.69, 9.17) is 0 Å². The Morgan fingerprint density at radius 1 is 1.47 bits per heavy atom. The van der Waals surface area contributed by atoms with Crippen molar-refractivity contribution in [1.29, 1.82) is 0 Å². The summed E-state index contributed by atoms with van der Waals surface area (Å²) in [7, 11) is 1.75. The minimum Gasteiger partial charge on any atom is -0.507 e. The lowest BCUT2D eigenvalue weighted by Gasteiger charge is -2.21. The zero-order valence-electron chi connectivity index (χ0n) is 8.99. The first-order valence-corrected chi connectivity index (χ1v) is 5.77. The van der Waals surface area contributed by atoms with Gasteiger partial charge in [-0.2, -0.15) is 0 Å². The van der Waals surface area contributed by atoms with E-state index in [1.54, 1.807) is 24.1 Å². The van der Waals surface area contributed by atoms with Crippen molar-refractivity contribution in [2.45, 2.75) is 19.9 Å².